The molecule has 100 valence electrons. The number of hydrogen-bond donors (Lipinski definition) is 0. The first-order valence-corrected chi connectivity index (χ1v) is 7.22. The molecule has 1 aromatic heterocycles. The summed E-state index contributed by atoms with van der Waals surface area (Å²) < 4.78 is 5.81. The molecule has 0 N–H and O–H groups in total. The predicted octanol–water partition coefficient (Wildman–Crippen LogP) is 3.48. The van der Waals surface area contributed by atoms with Gasteiger partial charge in [0.1, 0.15) is 0 Å². The number of unbranched alkanes of at least 4 members (excludes halogenated alkanes) is 1. The Morgan fingerprint density at radius 3 is 2.89 bits per heavy atom. The largest absolute Gasteiger partial charge is 0.380 e. The Balaban J connectivity index is 2.10. The predicted molar refractivity (Wildman–Crippen MR) is 76.3 cm³/mol. The fraction of sp³-hybridized carbons (Fsp3) is 0.500. The van der Waals surface area contributed by atoms with Crippen LogP contribution in [0.3, 0.4) is 0 Å². The molecule has 19 heavy (non-hydrogen) atoms. The molecular formula is C16H20N2O. The molecule has 1 aliphatic heterocycles. The summed E-state index contributed by atoms with van der Waals surface area (Å²) in [6, 6.07) is 8.50. The zero-order chi connectivity index (χ0) is 13.1. The second-order valence-corrected chi connectivity index (χ2v) is 5.24. The van der Waals surface area contributed by atoms with Gasteiger partial charge in [0.25, 0.3) is 0 Å². The van der Waals surface area contributed by atoms with Crippen molar-refractivity contribution in [3.63, 3.8) is 0 Å². The monoisotopic (exact) mass is 256 g/mol. The summed E-state index contributed by atoms with van der Waals surface area (Å²) in [5.74, 6) is 0.379. The van der Waals surface area contributed by atoms with Gasteiger partial charge in [-0.2, -0.15) is 10.2 Å². The molecule has 0 saturated heterocycles. The summed E-state index contributed by atoms with van der Waals surface area (Å²) in [5, 5.41) is 11.5. The van der Waals surface area contributed by atoms with Crippen molar-refractivity contribution >= 4 is 10.8 Å². The summed E-state index contributed by atoms with van der Waals surface area (Å²) in [7, 11) is 0. The van der Waals surface area contributed by atoms with Crippen LogP contribution in [-0.4, -0.2) is 23.4 Å². The highest BCUT2D eigenvalue weighted by atomic mass is 16.5. The van der Waals surface area contributed by atoms with E-state index in [9.17, 15) is 0 Å². The van der Waals surface area contributed by atoms with Crippen molar-refractivity contribution in [2.45, 2.75) is 38.5 Å². The zero-order valence-corrected chi connectivity index (χ0v) is 11.4. The summed E-state index contributed by atoms with van der Waals surface area (Å²) in [6.45, 7) is 3.75. The SMILES string of the molecule is CCCCC1COCCc2nnc1c1ccccc21. The molecule has 2 heterocycles. The third-order valence-electron chi connectivity index (χ3n) is 3.89. The molecule has 3 nitrogen and oxygen atoms in total. The van der Waals surface area contributed by atoms with Crippen LogP contribution in [0.2, 0.25) is 0 Å². The van der Waals surface area contributed by atoms with E-state index >= 15 is 0 Å². The van der Waals surface area contributed by atoms with Crippen molar-refractivity contribution in [1.82, 2.24) is 10.2 Å². The number of rotatable bonds is 3. The van der Waals surface area contributed by atoms with Crippen molar-refractivity contribution in [1.29, 1.82) is 0 Å². The van der Waals surface area contributed by atoms with E-state index in [2.05, 4.69) is 41.4 Å². The smallest absolute Gasteiger partial charge is 0.0763 e. The van der Waals surface area contributed by atoms with Crippen LogP contribution >= 0.6 is 0 Å². The standard InChI is InChI=1S/C16H20N2O/c1-2-3-6-12-11-19-10-9-15-13-7-4-5-8-14(13)16(12)18-17-15/h4-5,7-8,12H,2-3,6,9-11H2,1H3. The summed E-state index contributed by atoms with van der Waals surface area (Å²) in [5.41, 5.74) is 2.19. The first-order chi connectivity index (χ1) is 9.40. The molecule has 3 heteroatoms. The minimum Gasteiger partial charge on any atom is -0.380 e. The van der Waals surface area contributed by atoms with Gasteiger partial charge in [0.15, 0.2) is 0 Å². The summed E-state index contributed by atoms with van der Waals surface area (Å²) in [6.07, 6.45) is 4.41. The normalized spacial score (nSPS) is 19.1. The Morgan fingerprint density at radius 2 is 2.05 bits per heavy atom. The third kappa shape index (κ3) is 2.47. The third-order valence-corrected chi connectivity index (χ3v) is 3.89. The maximum absolute atomic E-state index is 5.81. The van der Waals surface area contributed by atoms with E-state index in [1.165, 1.54) is 23.6 Å². The minimum atomic E-state index is 0.379. The summed E-state index contributed by atoms with van der Waals surface area (Å²) in [4.78, 5) is 0. The van der Waals surface area contributed by atoms with Crippen LogP contribution in [0.15, 0.2) is 24.3 Å². The second kappa shape index (κ2) is 5.66. The lowest BCUT2D eigenvalue weighted by Crippen LogP contribution is -2.10. The molecule has 3 rings (SSSR count). The Hall–Kier alpha value is -1.48. The molecule has 1 unspecified atom stereocenters. The lowest BCUT2D eigenvalue weighted by atomic mass is 9.95. The number of nitrogens with zero attached hydrogens (tertiary/aromatic N) is 2. The van der Waals surface area contributed by atoms with Crippen molar-refractivity contribution in [3.8, 4) is 0 Å². The molecule has 0 amide bonds. The van der Waals surface area contributed by atoms with E-state index in [0.717, 1.165) is 37.4 Å². The van der Waals surface area contributed by atoms with Crippen molar-refractivity contribution in [2.24, 2.45) is 0 Å². The number of ether oxygens (including phenoxy) is 1. The number of aromatic nitrogens is 2. The highest BCUT2D eigenvalue weighted by molar-refractivity contribution is 5.86. The van der Waals surface area contributed by atoms with Gasteiger partial charge in [-0.3, -0.25) is 0 Å². The zero-order valence-electron chi connectivity index (χ0n) is 11.4. The van der Waals surface area contributed by atoms with Crippen molar-refractivity contribution in [3.05, 3.63) is 35.7 Å². The number of hydrogen-bond acceptors (Lipinski definition) is 3. The van der Waals surface area contributed by atoms with E-state index in [0.29, 0.717) is 5.92 Å². The molecule has 0 fully saturated rings. The maximum Gasteiger partial charge on any atom is 0.0763 e. The van der Waals surface area contributed by atoms with Crippen LogP contribution in [0.1, 0.15) is 43.5 Å². The number of fused-ring (bicyclic) bond motifs is 6. The van der Waals surface area contributed by atoms with Gasteiger partial charge >= 0.3 is 0 Å². The van der Waals surface area contributed by atoms with Gasteiger partial charge in [-0.1, -0.05) is 44.0 Å². The number of benzene rings is 1. The quantitative estimate of drug-likeness (QED) is 0.843. The van der Waals surface area contributed by atoms with Gasteiger partial charge < -0.3 is 4.74 Å². The molecule has 1 atom stereocenters. The lowest BCUT2D eigenvalue weighted by molar-refractivity contribution is 0.120. The van der Waals surface area contributed by atoms with Crippen LogP contribution < -0.4 is 0 Å². The molecule has 0 aliphatic carbocycles. The molecule has 1 aliphatic rings. The topological polar surface area (TPSA) is 35.0 Å². The van der Waals surface area contributed by atoms with E-state index in [4.69, 9.17) is 4.74 Å². The van der Waals surface area contributed by atoms with Crippen LogP contribution in [-0.2, 0) is 11.2 Å². The Kier molecular flexibility index (Phi) is 3.74. The molecule has 2 bridgehead atoms. The van der Waals surface area contributed by atoms with Crippen LogP contribution in [0, 0.1) is 0 Å². The van der Waals surface area contributed by atoms with E-state index < -0.39 is 0 Å². The lowest BCUT2D eigenvalue weighted by Gasteiger charge is -2.16. The summed E-state index contributed by atoms with van der Waals surface area (Å²) >= 11 is 0. The Bertz CT molecular complexity index is 566. The molecular weight excluding hydrogens is 236 g/mol. The minimum absolute atomic E-state index is 0.379. The maximum atomic E-state index is 5.81. The highest BCUT2D eigenvalue weighted by Gasteiger charge is 2.20. The van der Waals surface area contributed by atoms with Gasteiger partial charge in [-0.05, 0) is 6.42 Å². The van der Waals surface area contributed by atoms with Crippen LogP contribution in [0.4, 0.5) is 0 Å². The van der Waals surface area contributed by atoms with E-state index in [1.54, 1.807) is 0 Å². The fourth-order valence-electron chi connectivity index (χ4n) is 2.81. The van der Waals surface area contributed by atoms with Crippen LogP contribution in [0.5, 0.6) is 0 Å². The average Bonchev–Trinajstić information content (AvgIpc) is 2.60. The Morgan fingerprint density at radius 1 is 1.21 bits per heavy atom. The first-order valence-electron chi connectivity index (χ1n) is 7.22. The fourth-order valence-corrected chi connectivity index (χ4v) is 2.81. The molecule has 0 saturated carbocycles. The van der Waals surface area contributed by atoms with Crippen LogP contribution in [0.25, 0.3) is 10.8 Å². The molecule has 0 spiro atoms. The van der Waals surface area contributed by atoms with Gasteiger partial charge in [0.05, 0.1) is 24.6 Å². The Labute approximate surface area is 114 Å². The van der Waals surface area contributed by atoms with Gasteiger partial charge in [0.2, 0.25) is 0 Å². The molecule has 0 radical (unpaired) electrons. The first kappa shape index (κ1) is 12.5. The average molecular weight is 256 g/mol. The van der Waals surface area contributed by atoms with Crippen molar-refractivity contribution in [2.75, 3.05) is 13.2 Å². The van der Waals surface area contributed by atoms with Crippen molar-refractivity contribution < 1.29 is 4.74 Å². The van der Waals surface area contributed by atoms with Gasteiger partial charge in [-0.25, -0.2) is 0 Å². The van der Waals surface area contributed by atoms with E-state index in [1.807, 2.05) is 0 Å². The van der Waals surface area contributed by atoms with E-state index in [-0.39, 0.29) is 0 Å². The highest BCUT2D eigenvalue weighted by Crippen LogP contribution is 2.30. The van der Waals surface area contributed by atoms with Gasteiger partial charge in [-0.15, -0.1) is 0 Å². The molecule has 2 aromatic rings. The second-order valence-electron chi connectivity index (χ2n) is 5.24. The van der Waals surface area contributed by atoms with Gasteiger partial charge in [0, 0.05) is 23.1 Å². The molecule has 1 aromatic carbocycles.